The molecule has 7 nitrogen and oxygen atoms in total. The van der Waals surface area contributed by atoms with Crippen molar-refractivity contribution in [1.82, 2.24) is 9.96 Å². The minimum absolute atomic E-state index is 0.195. The number of aliphatic hydroxyl groups excluding tert-OH is 1. The standard InChI is InChI=1S/C19H26N2O5/c1-18(2,3)26-17(24)21-15(11-22)9-10-19(21)13-20(16(19)23)25-12-14-7-5-4-6-8-14/h4-8,15,22H,9-13H2,1-3H3. The smallest absolute Gasteiger partial charge is 0.411 e. The summed E-state index contributed by atoms with van der Waals surface area (Å²) in [5, 5.41) is 10.9. The van der Waals surface area contributed by atoms with Gasteiger partial charge in [-0.15, -0.1) is 0 Å². The number of hydrogen-bond donors (Lipinski definition) is 1. The number of rotatable bonds is 4. The predicted molar refractivity (Wildman–Crippen MR) is 93.9 cm³/mol. The van der Waals surface area contributed by atoms with Crippen molar-refractivity contribution in [2.45, 2.75) is 57.4 Å². The molecule has 2 fully saturated rings. The van der Waals surface area contributed by atoms with E-state index >= 15 is 0 Å². The van der Waals surface area contributed by atoms with E-state index in [9.17, 15) is 14.7 Å². The Labute approximate surface area is 153 Å². The van der Waals surface area contributed by atoms with Gasteiger partial charge in [-0.3, -0.25) is 14.5 Å². The van der Waals surface area contributed by atoms with Crippen LogP contribution in [0.5, 0.6) is 0 Å². The zero-order valence-electron chi connectivity index (χ0n) is 15.5. The van der Waals surface area contributed by atoms with Crippen LogP contribution in [0.15, 0.2) is 30.3 Å². The Morgan fingerprint density at radius 3 is 2.58 bits per heavy atom. The fourth-order valence-corrected chi connectivity index (χ4v) is 3.53. The summed E-state index contributed by atoms with van der Waals surface area (Å²) in [4.78, 5) is 32.5. The van der Waals surface area contributed by atoms with E-state index in [2.05, 4.69) is 0 Å². The number of nitrogens with zero attached hydrogens (tertiary/aromatic N) is 2. The maximum atomic E-state index is 12.8. The van der Waals surface area contributed by atoms with Crippen molar-refractivity contribution >= 4 is 12.0 Å². The quantitative estimate of drug-likeness (QED) is 0.830. The van der Waals surface area contributed by atoms with Gasteiger partial charge in [-0.05, 0) is 39.2 Å². The summed E-state index contributed by atoms with van der Waals surface area (Å²) in [6.45, 7) is 5.71. The van der Waals surface area contributed by atoms with Crippen LogP contribution in [0.3, 0.4) is 0 Å². The zero-order valence-corrected chi connectivity index (χ0v) is 15.5. The number of carbonyl (C=O) groups excluding carboxylic acids is 2. The molecule has 26 heavy (non-hydrogen) atoms. The lowest BCUT2D eigenvalue weighted by Gasteiger charge is -2.50. The van der Waals surface area contributed by atoms with Gasteiger partial charge in [0, 0.05) is 0 Å². The SMILES string of the molecule is CC(C)(C)OC(=O)N1C(CO)CCC12CN(OCc1ccccc1)C2=O. The predicted octanol–water partition coefficient (Wildman–Crippen LogP) is 2.09. The lowest BCUT2D eigenvalue weighted by Crippen LogP contribution is -2.73. The first-order chi connectivity index (χ1) is 12.3. The third kappa shape index (κ3) is 3.41. The second-order valence-electron chi connectivity index (χ2n) is 7.86. The molecule has 0 aliphatic carbocycles. The Morgan fingerprint density at radius 1 is 1.31 bits per heavy atom. The van der Waals surface area contributed by atoms with Crippen molar-refractivity contribution in [2.24, 2.45) is 0 Å². The van der Waals surface area contributed by atoms with E-state index in [0.29, 0.717) is 19.4 Å². The molecule has 2 heterocycles. The summed E-state index contributed by atoms with van der Waals surface area (Å²) < 4.78 is 5.46. The molecule has 2 aliphatic rings. The Hall–Kier alpha value is -2.12. The first-order valence-electron chi connectivity index (χ1n) is 8.89. The van der Waals surface area contributed by atoms with Gasteiger partial charge in [0.15, 0.2) is 0 Å². The van der Waals surface area contributed by atoms with Crippen LogP contribution in [0.1, 0.15) is 39.2 Å². The largest absolute Gasteiger partial charge is 0.444 e. The van der Waals surface area contributed by atoms with Crippen molar-refractivity contribution in [3.8, 4) is 0 Å². The van der Waals surface area contributed by atoms with Crippen molar-refractivity contribution in [3.63, 3.8) is 0 Å². The number of ether oxygens (including phenoxy) is 1. The van der Waals surface area contributed by atoms with Gasteiger partial charge in [-0.2, -0.15) is 0 Å². The minimum Gasteiger partial charge on any atom is -0.444 e. The monoisotopic (exact) mass is 362 g/mol. The van der Waals surface area contributed by atoms with Gasteiger partial charge in [0.25, 0.3) is 5.91 Å². The number of likely N-dealkylation sites (tertiary alicyclic amines) is 1. The van der Waals surface area contributed by atoms with Gasteiger partial charge in [-0.1, -0.05) is 30.3 Å². The fraction of sp³-hybridized carbons (Fsp3) is 0.579. The van der Waals surface area contributed by atoms with E-state index in [1.54, 1.807) is 20.8 Å². The van der Waals surface area contributed by atoms with Gasteiger partial charge in [0.05, 0.1) is 19.2 Å². The highest BCUT2D eigenvalue weighted by Crippen LogP contribution is 2.43. The van der Waals surface area contributed by atoms with E-state index in [0.717, 1.165) is 5.56 Å². The molecule has 0 saturated carbocycles. The first-order valence-corrected chi connectivity index (χ1v) is 8.89. The molecule has 7 heteroatoms. The van der Waals surface area contributed by atoms with Crippen LogP contribution in [-0.4, -0.2) is 57.4 Å². The second kappa shape index (κ2) is 6.89. The van der Waals surface area contributed by atoms with Crippen molar-refractivity contribution in [2.75, 3.05) is 13.2 Å². The number of carbonyl (C=O) groups is 2. The number of β-lactam (4-membered cyclic amide) rings is 1. The summed E-state index contributed by atoms with van der Waals surface area (Å²) in [5.74, 6) is -0.254. The van der Waals surface area contributed by atoms with Crippen LogP contribution in [0.4, 0.5) is 4.79 Å². The molecule has 0 aromatic heterocycles. The second-order valence-corrected chi connectivity index (χ2v) is 7.86. The highest BCUT2D eigenvalue weighted by atomic mass is 16.7. The molecule has 2 atom stereocenters. The van der Waals surface area contributed by atoms with Gasteiger partial charge >= 0.3 is 6.09 Å². The van der Waals surface area contributed by atoms with Crippen LogP contribution < -0.4 is 0 Å². The minimum atomic E-state index is -0.966. The Morgan fingerprint density at radius 2 is 2.00 bits per heavy atom. The maximum Gasteiger partial charge on any atom is 0.411 e. The van der Waals surface area contributed by atoms with Crippen molar-refractivity contribution in [1.29, 1.82) is 0 Å². The van der Waals surface area contributed by atoms with E-state index in [-0.39, 0.29) is 19.1 Å². The molecule has 1 spiro atoms. The van der Waals surface area contributed by atoms with Crippen LogP contribution in [0.2, 0.25) is 0 Å². The molecular formula is C19H26N2O5. The van der Waals surface area contributed by atoms with Crippen molar-refractivity contribution in [3.05, 3.63) is 35.9 Å². The molecular weight excluding hydrogens is 336 g/mol. The highest BCUT2D eigenvalue weighted by molar-refractivity contribution is 5.95. The zero-order chi connectivity index (χ0) is 18.9. The van der Waals surface area contributed by atoms with E-state index in [1.807, 2.05) is 30.3 Å². The molecule has 2 saturated heterocycles. The van der Waals surface area contributed by atoms with Crippen LogP contribution in [0, 0.1) is 0 Å². The maximum absolute atomic E-state index is 12.8. The third-order valence-electron chi connectivity index (χ3n) is 4.78. The summed E-state index contributed by atoms with van der Waals surface area (Å²) >= 11 is 0. The Balaban J connectivity index is 1.68. The summed E-state index contributed by atoms with van der Waals surface area (Å²) in [6.07, 6.45) is 0.500. The number of hydrogen-bond acceptors (Lipinski definition) is 5. The molecule has 142 valence electrons. The number of aliphatic hydroxyl groups is 1. The average molecular weight is 362 g/mol. The summed E-state index contributed by atoms with van der Waals surface area (Å²) in [5.41, 5.74) is -0.672. The van der Waals surface area contributed by atoms with Crippen LogP contribution in [-0.2, 0) is 21.0 Å². The molecule has 1 N–H and O–H groups in total. The van der Waals surface area contributed by atoms with Gasteiger partial charge in [-0.25, -0.2) is 9.86 Å². The van der Waals surface area contributed by atoms with Gasteiger partial charge < -0.3 is 9.84 Å². The third-order valence-corrected chi connectivity index (χ3v) is 4.78. The summed E-state index contributed by atoms with van der Waals surface area (Å²) in [7, 11) is 0. The molecule has 3 rings (SSSR count). The highest BCUT2D eigenvalue weighted by Gasteiger charge is 2.64. The topological polar surface area (TPSA) is 79.3 Å². The fourth-order valence-electron chi connectivity index (χ4n) is 3.53. The van der Waals surface area contributed by atoms with Gasteiger partial charge in [0.1, 0.15) is 17.7 Å². The number of amides is 2. The molecule has 0 radical (unpaired) electrons. The Kier molecular flexibility index (Phi) is 4.94. The van der Waals surface area contributed by atoms with E-state index < -0.39 is 23.3 Å². The van der Waals surface area contributed by atoms with E-state index in [4.69, 9.17) is 9.57 Å². The average Bonchev–Trinajstić information content (AvgIpc) is 2.99. The molecule has 1 aromatic carbocycles. The van der Waals surface area contributed by atoms with Gasteiger partial charge in [0.2, 0.25) is 0 Å². The van der Waals surface area contributed by atoms with E-state index in [1.165, 1.54) is 9.96 Å². The lowest BCUT2D eigenvalue weighted by atomic mass is 9.88. The summed E-state index contributed by atoms with van der Waals surface area (Å²) in [6, 6.07) is 9.16. The number of hydroxylamine groups is 2. The molecule has 2 unspecified atom stereocenters. The lowest BCUT2D eigenvalue weighted by molar-refractivity contribution is -0.242. The normalized spacial score (nSPS) is 25.5. The van der Waals surface area contributed by atoms with Crippen LogP contribution in [0.25, 0.3) is 0 Å². The first kappa shape index (κ1) is 18.7. The number of benzene rings is 1. The van der Waals surface area contributed by atoms with Crippen LogP contribution >= 0.6 is 0 Å². The molecule has 1 aromatic rings. The molecule has 2 amide bonds. The Bertz CT molecular complexity index is 672. The van der Waals surface area contributed by atoms with Crippen molar-refractivity contribution < 1.29 is 24.3 Å². The molecule has 2 aliphatic heterocycles. The molecule has 0 bridgehead atoms.